The standard InChI is InChI=1S/C7H7NOS/c1-5-6(3-8)2-7(4-9)10-5/h2,9H,4H2,1H3. The highest BCUT2D eigenvalue weighted by molar-refractivity contribution is 7.12. The first-order valence-corrected chi connectivity index (χ1v) is 3.70. The van der Waals surface area contributed by atoms with E-state index in [1.807, 2.05) is 13.0 Å². The number of aryl methyl sites for hydroxylation is 1. The van der Waals surface area contributed by atoms with Crippen molar-refractivity contribution < 1.29 is 5.11 Å². The monoisotopic (exact) mass is 153 g/mol. The van der Waals surface area contributed by atoms with Gasteiger partial charge in [-0.15, -0.1) is 11.3 Å². The molecule has 1 aromatic heterocycles. The molecule has 0 aliphatic heterocycles. The van der Waals surface area contributed by atoms with Crippen molar-refractivity contribution in [2.24, 2.45) is 0 Å². The number of rotatable bonds is 1. The van der Waals surface area contributed by atoms with Crippen molar-refractivity contribution in [2.45, 2.75) is 13.5 Å². The van der Waals surface area contributed by atoms with Crippen molar-refractivity contribution in [3.63, 3.8) is 0 Å². The number of aliphatic hydroxyl groups is 1. The Labute approximate surface area is 63.4 Å². The minimum atomic E-state index is 0.0349. The zero-order chi connectivity index (χ0) is 7.56. The van der Waals surface area contributed by atoms with Crippen molar-refractivity contribution >= 4 is 11.3 Å². The van der Waals surface area contributed by atoms with Gasteiger partial charge in [0, 0.05) is 9.75 Å². The van der Waals surface area contributed by atoms with Crippen LogP contribution in [-0.2, 0) is 6.61 Å². The van der Waals surface area contributed by atoms with E-state index in [4.69, 9.17) is 10.4 Å². The molecule has 0 bridgehead atoms. The molecule has 1 rings (SSSR count). The van der Waals surface area contributed by atoms with Crippen molar-refractivity contribution in [1.29, 1.82) is 5.26 Å². The third-order valence-electron chi connectivity index (χ3n) is 1.25. The van der Waals surface area contributed by atoms with Crippen molar-refractivity contribution in [1.82, 2.24) is 0 Å². The van der Waals surface area contributed by atoms with Gasteiger partial charge >= 0.3 is 0 Å². The van der Waals surface area contributed by atoms with Crippen LogP contribution < -0.4 is 0 Å². The molecule has 1 heterocycles. The van der Waals surface area contributed by atoms with Crippen LogP contribution >= 0.6 is 11.3 Å². The van der Waals surface area contributed by atoms with Gasteiger partial charge < -0.3 is 5.11 Å². The summed E-state index contributed by atoms with van der Waals surface area (Å²) in [6.07, 6.45) is 0. The topological polar surface area (TPSA) is 44.0 Å². The Morgan fingerprint density at radius 1 is 1.80 bits per heavy atom. The van der Waals surface area contributed by atoms with Crippen LogP contribution in [0.25, 0.3) is 0 Å². The van der Waals surface area contributed by atoms with Gasteiger partial charge in [0.05, 0.1) is 12.2 Å². The first-order chi connectivity index (χ1) is 4.77. The van der Waals surface area contributed by atoms with Gasteiger partial charge in [-0.3, -0.25) is 0 Å². The molecule has 10 heavy (non-hydrogen) atoms. The molecule has 0 fully saturated rings. The quantitative estimate of drug-likeness (QED) is 0.663. The molecule has 3 heteroatoms. The van der Waals surface area contributed by atoms with Gasteiger partial charge in [-0.2, -0.15) is 5.26 Å². The summed E-state index contributed by atoms with van der Waals surface area (Å²) < 4.78 is 0. The fourth-order valence-corrected chi connectivity index (χ4v) is 1.58. The number of hydrogen-bond donors (Lipinski definition) is 1. The summed E-state index contributed by atoms with van der Waals surface area (Å²) in [4.78, 5) is 1.83. The third kappa shape index (κ3) is 1.18. The average molecular weight is 153 g/mol. The molecule has 0 aliphatic carbocycles. The van der Waals surface area contributed by atoms with E-state index in [9.17, 15) is 0 Å². The van der Waals surface area contributed by atoms with Crippen molar-refractivity contribution in [3.8, 4) is 6.07 Å². The molecule has 0 radical (unpaired) electrons. The molecule has 1 N–H and O–H groups in total. The highest BCUT2D eigenvalue weighted by atomic mass is 32.1. The van der Waals surface area contributed by atoms with Gasteiger partial charge in [0.1, 0.15) is 6.07 Å². The highest BCUT2D eigenvalue weighted by Gasteiger charge is 2.01. The van der Waals surface area contributed by atoms with E-state index < -0.39 is 0 Å². The zero-order valence-corrected chi connectivity index (χ0v) is 6.40. The summed E-state index contributed by atoms with van der Waals surface area (Å²) >= 11 is 1.47. The summed E-state index contributed by atoms with van der Waals surface area (Å²) in [5, 5.41) is 17.2. The Morgan fingerprint density at radius 3 is 2.80 bits per heavy atom. The van der Waals surface area contributed by atoms with Gasteiger partial charge in [-0.25, -0.2) is 0 Å². The second-order valence-corrected chi connectivity index (χ2v) is 3.29. The molecule has 1 aromatic rings. The summed E-state index contributed by atoms with van der Waals surface area (Å²) in [7, 11) is 0. The number of thiophene rings is 1. The first kappa shape index (κ1) is 7.26. The zero-order valence-electron chi connectivity index (χ0n) is 5.59. The molecular formula is C7H7NOS. The lowest BCUT2D eigenvalue weighted by Gasteiger charge is -1.80. The first-order valence-electron chi connectivity index (χ1n) is 2.88. The van der Waals surface area contributed by atoms with E-state index in [0.717, 1.165) is 9.75 Å². The second-order valence-electron chi connectivity index (χ2n) is 1.95. The van der Waals surface area contributed by atoms with Crippen LogP contribution in [0.3, 0.4) is 0 Å². The fourth-order valence-electron chi connectivity index (χ4n) is 0.733. The molecule has 0 unspecified atom stereocenters. The Kier molecular flexibility index (Phi) is 2.05. The van der Waals surface area contributed by atoms with E-state index in [1.54, 1.807) is 6.07 Å². The van der Waals surface area contributed by atoms with Crippen molar-refractivity contribution in [2.75, 3.05) is 0 Å². The largest absolute Gasteiger partial charge is 0.391 e. The lowest BCUT2D eigenvalue weighted by molar-refractivity contribution is 0.285. The smallest absolute Gasteiger partial charge is 0.100 e. The van der Waals surface area contributed by atoms with Gasteiger partial charge in [-0.05, 0) is 13.0 Å². The number of hydrogen-bond acceptors (Lipinski definition) is 3. The van der Waals surface area contributed by atoms with E-state index in [2.05, 4.69) is 0 Å². The predicted octanol–water partition coefficient (Wildman–Crippen LogP) is 1.42. The van der Waals surface area contributed by atoms with Gasteiger partial charge in [-0.1, -0.05) is 0 Å². The van der Waals surface area contributed by atoms with Crippen LogP contribution in [0.2, 0.25) is 0 Å². The summed E-state index contributed by atoms with van der Waals surface area (Å²) in [6.45, 7) is 1.91. The Morgan fingerprint density at radius 2 is 2.50 bits per heavy atom. The van der Waals surface area contributed by atoms with Crippen molar-refractivity contribution in [3.05, 3.63) is 21.4 Å². The Hall–Kier alpha value is -0.850. The minimum Gasteiger partial charge on any atom is -0.391 e. The molecule has 0 atom stereocenters. The summed E-state index contributed by atoms with van der Waals surface area (Å²) in [6, 6.07) is 3.77. The average Bonchev–Trinajstić information content (AvgIpc) is 2.30. The lowest BCUT2D eigenvalue weighted by atomic mass is 10.3. The van der Waals surface area contributed by atoms with E-state index in [0.29, 0.717) is 5.56 Å². The maximum Gasteiger partial charge on any atom is 0.100 e. The highest BCUT2D eigenvalue weighted by Crippen LogP contribution is 2.20. The molecule has 0 saturated heterocycles. The molecule has 2 nitrogen and oxygen atoms in total. The van der Waals surface area contributed by atoms with Crippen LogP contribution in [0.5, 0.6) is 0 Å². The third-order valence-corrected chi connectivity index (χ3v) is 2.28. The molecular weight excluding hydrogens is 146 g/mol. The van der Waals surface area contributed by atoms with Crippen LogP contribution in [0.1, 0.15) is 15.3 Å². The van der Waals surface area contributed by atoms with Crippen LogP contribution in [-0.4, -0.2) is 5.11 Å². The second kappa shape index (κ2) is 2.82. The maximum atomic E-state index is 8.67. The number of aliphatic hydroxyl groups excluding tert-OH is 1. The fraction of sp³-hybridized carbons (Fsp3) is 0.286. The van der Waals surface area contributed by atoms with Crippen LogP contribution in [0, 0.1) is 18.3 Å². The number of nitriles is 1. The SMILES string of the molecule is Cc1sc(CO)cc1C#N. The van der Waals surface area contributed by atoms with Gasteiger partial charge in [0.25, 0.3) is 0 Å². The molecule has 0 saturated carbocycles. The molecule has 0 aliphatic rings. The molecule has 0 aromatic carbocycles. The minimum absolute atomic E-state index is 0.0349. The molecule has 52 valence electrons. The Bertz CT molecular complexity index is 272. The van der Waals surface area contributed by atoms with E-state index in [1.165, 1.54) is 11.3 Å². The molecule has 0 amide bonds. The normalized spacial score (nSPS) is 9.30. The van der Waals surface area contributed by atoms with Gasteiger partial charge in [0.2, 0.25) is 0 Å². The summed E-state index contributed by atoms with van der Waals surface area (Å²) in [5.41, 5.74) is 0.675. The van der Waals surface area contributed by atoms with Gasteiger partial charge in [0.15, 0.2) is 0 Å². The number of nitrogens with zero attached hydrogens (tertiary/aromatic N) is 1. The predicted molar refractivity (Wildman–Crippen MR) is 39.7 cm³/mol. The van der Waals surface area contributed by atoms with E-state index >= 15 is 0 Å². The lowest BCUT2D eigenvalue weighted by Crippen LogP contribution is -1.71. The molecule has 0 spiro atoms. The van der Waals surface area contributed by atoms with E-state index in [-0.39, 0.29) is 6.61 Å². The van der Waals surface area contributed by atoms with Crippen LogP contribution in [0.4, 0.5) is 0 Å². The Balaban J connectivity index is 3.07. The maximum absolute atomic E-state index is 8.67. The van der Waals surface area contributed by atoms with Crippen LogP contribution in [0.15, 0.2) is 6.07 Å². The summed E-state index contributed by atoms with van der Waals surface area (Å²) in [5.74, 6) is 0.